The highest BCUT2D eigenvalue weighted by atomic mass is 35.5. The number of esters is 1. The highest BCUT2D eigenvalue weighted by molar-refractivity contribution is 6.30. The van der Waals surface area contributed by atoms with Gasteiger partial charge in [0, 0.05) is 10.6 Å². The molecule has 0 fully saturated rings. The topological polar surface area (TPSA) is 115 Å². The summed E-state index contributed by atoms with van der Waals surface area (Å²) in [5, 5.41) is 7.21. The van der Waals surface area contributed by atoms with Gasteiger partial charge in [0.15, 0.2) is 18.1 Å². The van der Waals surface area contributed by atoms with Gasteiger partial charge in [-0.1, -0.05) is 25.4 Å². The molecule has 1 unspecified atom stereocenters. The van der Waals surface area contributed by atoms with E-state index in [0.29, 0.717) is 27.6 Å². The van der Waals surface area contributed by atoms with Crippen molar-refractivity contribution in [1.29, 1.82) is 0 Å². The first-order valence-electron chi connectivity index (χ1n) is 10.6. The number of ether oxygens (including phenoxy) is 3. The summed E-state index contributed by atoms with van der Waals surface area (Å²) in [6.45, 7) is 5.36. The molecule has 2 N–H and O–H groups in total. The van der Waals surface area contributed by atoms with E-state index >= 15 is 0 Å². The molecule has 2 rings (SSSR count). The summed E-state index contributed by atoms with van der Waals surface area (Å²) in [6.07, 6.45) is 1.42. The minimum absolute atomic E-state index is 0.178. The number of carbonyl (C=O) groups excluding carboxylic acids is 3. The molecule has 2 aromatic rings. The smallest absolute Gasteiger partial charge is 0.344 e. The van der Waals surface area contributed by atoms with Crippen LogP contribution in [0.4, 0.5) is 0 Å². The Morgan fingerprint density at radius 2 is 1.79 bits per heavy atom. The summed E-state index contributed by atoms with van der Waals surface area (Å²) in [7, 11) is 1.46. The Morgan fingerprint density at radius 3 is 2.41 bits per heavy atom. The lowest BCUT2D eigenvalue weighted by atomic mass is 10.0. The van der Waals surface area contributed by atoms with Crippen molar-refractivity contribution in [3.63, 3.8) is 0 Å². The molecular weight excluding hydrogens is 462 g/mol. The first-order valence-corrected chi connectivity index (χ1v) is 11.0. The predicted molar refractivity (Wildman–Crippen MR) is 128 cm³/mol. The van der Waals surface area contributed by atoms with Crippen molar-refractivity contribution >= 4 is 35.6 Å². The highest BCUT2D eigenvalue weighted by Crippen LogP contribution is 2.27. The van der Waals surface area contributed by atoms with Crippen LogP contribution in [0.15, 0.2) is 47.6 Å². The van der Waals surface area contributed by atoms with Gasteiger partial charge in [0.1, 0.15) is 6.04 Å². The Morgan fingerprint density at radius 1 is 1.09 bits per heavy atom. The fourth-order valence-corrected chi connectivity index (χ4v) is 2.95. The van der Waals surface area contributed by atoms with Gasteiger partial charge < -0.3 is 19.5 Å². The van der Waals surface area contributed by atoms with Crippen LogP contribution in [-0.2, 0) is 14.3 Å². The van der Waals surface area contributed by atoms with E-state index < -0.39 is 23.8 Å². The molecule has 0 radical (unpaired) electrons. The second-order valence-electron chi connectivity index (χ2n) is 7.44. The van der Waals surface area contributed by atoms with Crippen LogP contribution < -0.4 is 20.2 Å². The van der Waals surface area contributed by atoms with Gasteiger partial charge in [-0.25, -0.2) is 10.2 Å². The van der Waals surface area contributed by atoms with Crippen LogP contribution in [0, 0.1) is 5.92 Å². The average Bonchev–Trinajstić information content (AvgIpc) is 2.81. The number of hydrazone groups is 1. The van der Waals surface area contributed by atoms with Crippen molar-refractivity contribution in [2.45, 2.75) is 26.8 Å². The lowest BCUT2D eigenvalue weighted by molar-refractivity contribution is -0.145. The third kappa shape index (κ3) is 8.08. The van der Waals surface area contributed by atoms with E-state index in [1.165, 1.54) is 13.3 Å². The number of benzene rings is 2. The van der Waals surface area contributed by atoms with Crippen molar-refractivity contribution in [2.24, 2.45) is 11.0 Å². The Kier molecular flexibility index (Phi) is 10.3. The number of nitrogens with zero attached hydrogens (tertiary/aromatic N) is 1. The van der Waals surface area contributed by atoms with Crippen LogP contribution in [0.2, 0.25) is 5.02 Å². The molecule has 0 aliphatic rings. The zero-order valence-corrected chi connectivity index (χ0v) is 20.2. The summed E-state index contributed by atoms with van der Waals surface area (Å²) in [4.78, 5) is 36.6. The number of hydrogen-bond donors (Lipinski definition) is 2. The van der Waals surface area contributed by atoms with E-state index in [1.807, 2.05) is 13.8 Å². The minimum Gasteiger partial charge on any atom is -0.493 e. The Labute approximate surface area is 203 Å². The van der Waals surface area contributed by atoms with E-state index in [-0.39, 0.29) is 19.1 Å². The molecule has 0 aliphatic carbocycles. The molecule has 0 saturated heterocycles. The molecular formula is C24H28ClN3O6. The maximum Gasteiger partial charge on any atom is 0.344 e. The Bertz CT molecular complexity index is 1020. The predicted octanol–water partition coefficient (Wildman–Crippen LogP) is 3.20. The first-order chi connectivity index (χ1) is 16.2. The summed E-state index contributed by atoms with van der Waals surface area (Å²) in [5.74, 6) is -0.771. The van der Waals surface area contributed by atoms with E-state index in [1.54, 1.807) is 49.4 Å². The molecule has 0 saturated carbocycles. The van der Waals surface area contributed by atoms with Gasteiger partial charge in [-0.15, -0.1) is 0 Å². The molecule has 10 heteroatoms. The maximum absolute atomic E-state index is 12.6. The molecule has 0 spiro atoms. The molecule has 0 aliphatic heterocycles. The molecule has 2 amide bonds. The largest absolute Gasteiger partial charge is 0.493 e. The van der Waals surface area contributed by atoms with E-state index in [4.69, 9.17) is 25.8 Å². The van der Waals surface area contributed by atoms with Crippen molar-refractivity contribution in [2.75, 3.05) is 20.3 Å². The van der Waals surface area contributed by atoms with Crippen molar-refractivity contribution < 1.29 is 28.6 Å². The number of carbonyl (C=O) groups is 3. The van der Waals surface area contributed by atoms with Gasteiger partial charge in [-0.3, -0.25) is 9.59 Å². The lowest BCUT2D eigenvalue weighted by Crippen LogP contribution is -2.48. The molecule has 2 aromatic carbocycles. The third-order valence-corrected chi connectivity index (χ3v) is 4.82. The zero-order chi connectivity index (χ0) is 25.1. The molecule has 0 bridgehead atoms. The Balaban J connectivity index is 2.00. The average molecular weight is 490 g/mol. The number of hydrogen-bond acceptors (Lipinski definition) is 7. The molecule has 34 heavy (non-hydrogen) atoms. The number of rotatable bonds is 11. The quantitative estimate of drug-likeness (QED) is 0.284. The lowest BCUT2D eigenvalue weighted by Gasteiger charge is -2.20. The highest BCUT2D eigenvalue weighted by Gasteiger charge is 2.24. The molecule has 9 nitrogen and oxygen atoms in total. The number of amides is 2. The molecule has 0 heterocycles. The van der Waals surface area contributed by atoms with Crippen molar-refractivity contribution in [3.8, 4) is 11.5 Å². The molecule has 0 aromatic heterocycles. The van der Waals surface area contributed by atoms with Crippen LogP contribution in [0.3, 0.4) is 0 Å². The monoisotopic (exact) mass is 489 g/mol. The van der Waals surface area contributed by atoms with Gasteiger partial charge in [0.05, 0.1) is 19.9 Å². The standard InChI is InChI=1S/C24H28ClN3O6/c1-5-33-21(29)14-34-19-11-6-16(12-20(19)32-4)13-26-28-24(31)22(15(2)3)27-23(30)17-7-9-18(25)10-8-17/h6-13,15,22H,5,14H2,1-4H3,(H,27,30)(H,28,31). The Hall–Kier alpha value is -3.59. The molecule has 182 valence electrons. The number of nitrogens with one attached hydrogen (secondary N) is 2. The second-order valence-corrected chi connectivity index (χ2v) is 7.88. The minimum atomic E-state index is -0.798. The normalized spacial score (nSPS) is 11.7. The van der Waals surface area contributed by atoms with Gasteiger partial charge >= 0.3 is 5.97 Å². The van der Waals surface area contributed by atoms with E-state index in [2.05, 4.69) is 15.8 Å². The second kappa shape index (κ2) is 13.2. The van der Waals surface area contributed by atoms with Crippen molar-refractivity contribution in [1.82, 2.24) is 10.7 Å². The first kappa shape index (κ1) is 26.7. The van der Waals surface area contributed by atoms with Crippen LogP contribution in [0.25, 0.3) is 0 Å². The van der Waals surface area contributed by atoms with Crippen LogP contribution in [-0.4, -0.2) is 50.4 Å². The SMILES string of the molecule is CCOC(=O)COc1ccc(C=NNC(=O)C(NC(=O)c2ccc(Cl)cc2)C(C)C)cc1OC. The van der Waals surface area contributed by atoms with Crippen LogP contribution >= 0.6 is 11.6 Å². The maximum atomic E-state index is 12.6. The van der Waals surface area contributed by atoms with Crippen molar-refractivity contribution in [3.05, 3.63) is 58.6 Å². The summed E-state index contributed by atoms with van der Waals surface area (Å²) >= 11 is 5.85. The summed E-state index contributed by atoms with van der Waals surface area (Å²) in [5.41, 5.74) is 3.46. The van der Waals surface area contributed by atoms with Crippen LogP contribution in [0.5, 0.6) is 11.5 Å². The van der Waals surface area contributed by atoms with Gasteiger partial charge in [0.25, 0.3) is 11.8 Å². The fraction of sp³-hybridized carbons (Fsp3) is 0.333. The van der Waals surface area contributed by atoms with E-state index in [0.717, 1.165) is 0 Å². The molecule has 1 atom stereocenters. The summed E-state index contributed by atoms with van der Waals surface area (Å²) < 4.78 is 15.5. The van der Waals surface area contributed by atoms with Gasteiger partial charge in [0.2, 0.25) is 0 Å². The summed E-state index contributed by atoms with van der Waals surface area (Å²) in [6, 6.07) is 10.5. The third-order valence-electron chi connectivity index (χ3n) is 4.57. The fourth-order valence-electron chi connectivity index (χ4n) is 2.82. The van der Waals surface area contributed by atoms with Gasteiger partial charge in [-0.05, 0) is 60.9 Å². The number of halogens is 1. The number of methoxy groups -OCH3 is 1. The van der Waals surface area contributed by atoms with Crippen LogP contribution in [0.1, 0.15) is 36.7 Å². The van der Waals surface area contributed by atoms with Gasteiger partial charge in [-0.2, -0.15) is 5.10 Å². The van der Waals surface area contributed by atoms with E-state index in [9.17, 15) is 14.4 Å². The zero-order valence-electron chi connectivity index (χ0n) is 19.5.